The summed E-state index contributed by atoms with van der Waals surface area (Å²) in [5, 5.41) is 9.60. The number of para-hydroxylation sites is 1. The van der Waals surface area contributed by atoms with Crippen LogP contribution in [0.3, 0.4) is 0 Å². The van der Waals surface area contributed by atoms with Crippen molar-refractivity contribution in [1.29, 1.82) is 0 Å². The molecular weight excluding hydrogens is 627 g/mol. The van der Waals surface area contributed by atoms with E-state index in [-0.39, 0.29) is 0 Å². The van der Waals surface area contributed by atoms with Gasteiger partial charge in [0.2, 0.25) is 0 Å². The lowest BCUT2D eigenvalue weighted by Gasteiger charge is -2.13. The highest BCUT2D eigenvalue weighted by Crippen LogP contribution is 2.47. The standard InChI is InChI=1S/C46H27N3S/c1-3-14-29(15-4-1)40-34-19-9-11-21-38(34)49-44(40)37-27-31(24-25-33(37)41-35-20-10-12-22-39(35)50-46(41)49)45-47-42(30-16-5-2-6-17-30)36-26-23-28-13-7-8-18-32(28)43(36)48-45/h1-27H. The van der Waals surface area contributed by atoms with Crippen LogP contribution in [-0.4, -0.2) is 14.4 Å². The van der Waals surface area contributed by atoms with Crippen molar-refractivity contribution >= 4 is 80.5 Å². The lowest BCUT2D eigenvalue weighted by Crippen LogP contribution is -1.96. The molecule has 0 aliphatic rings. The Morgan fingerprint density at radius 3 is 1.98 bits per heavy atom. The lowest BCUT2D eigenvalue weighted by molar-refractivity contribution is 1.24. The minimum atomic E-state index is 0.723. The van der Waals surface area contributed by atoms with E-state index in [1.165, 1.54) is 64.0 Å². The number of aromatic nitrogens is 3. The second-order valence-electron chi connectivity index (χ2n) is 12.9. The second-order valence-corrected chi connectivity index (χ2v) is 14.0. The molecule has 0 amide bonds. The molecule has 0 saturated carbocycles. The maximum absolute atomic E-state index is 5.36. The van der Waals surface area contributed by atoms with Gasteiger partial charge in [-0.15, -0.1) is 11.3 Å². The highest BCUT2D eigenvalue weighted by atomic mass is 32.1. The summed E-state index contributed by atoms with van der Waals surface area (Å²) >= 11 is 1.87. The van der Waals surface area contributed by atoms with Crippen LogP contribution in [-0.2, 0) is 0 Å². The summed E-state index contributed by atoms with van der Waals surface area (Å²) in [5.41, 5.74) is 8.86. The van der Waals surface area contributed by atoms with E-state index in [9.17, 15) is 0 Å². The first-order chi connectivity index (χ1) is 24.8. The minimum Gasteiger partial charge on any atom is -0.299 e. The topological polar surface area (TPSA) is 30.2 Å². The molecule has 0 radical (unpaired) electrons. The summed E-state index contributed by atoms with van der Waals surface area (Å²) in [4.78, 5) is 12.0. The molecule has 50 heavy (non-hydrogen) atoms. The van der Waals surface area contributed by atoms with E-state index in [0.29, 0.717) is 0 Å². The third-order valence-corrected chi connectivity index (χ3v) is 11.3. The zero-order valence-corrected chi connectivity index (χ0v) is 27.7. The van der Waals surface area contributed by atoms with Crippen molar-refractivity contribution in [2.45, 2.75) is 0 Å². The van der Waals surface area contributed by atoms with Crippen LogP contribution in [0.25, 0.3) is 103 Å². The highest BCUT2D eigenvalue weighted by Gasteiger charge is 2.23. The van der Waals surface area contributed by atoms with Crippen molar-refractivity contribution in [2.24, 2.45) is 0 Å². The smallest absolute Gasteiger partial charge is 0.160 e. The van der Waals surface area contributed by atoms with E-state index in [1.54, 1.807) is 0 Å². The van der Waals surface area contributed by atoms with Crippen LogP contribution >= 0.6 is 11.3 Å². The Bertz CT molecular complexity index is 3140. The summed E-state index contributed by atoms with van der Waals surface area (Å²) in [6, 6.07) is 58.7. The van der Waals surface area contributed by atoms with Crippen molar-refractivity contribution in [3.8, 4) is 33.8 Å². The van der Waals surface area contributed by atoms with Crippen molar-refractivity contribution < 1.29 is 0 Å². The largest absolute Gasteiger partial charge is 0.299 e. The molecule has 11 rings (SSSR count). The molecule has 4 aromatic heterocycles. The van der Waals surface area contributed by atoms with Crippen LogP contribution in [0.1, 0.15) is 0 Å². The molecule has 0 aliphatic heterocycles. The fourth-order valence-electron chi connectivity index (χ4n) is 7.96. The molecule has 0 unspecified atom stereocenters. The predicted molar refractivity (Wildman–Crippen MR) is 212 cm³/mol. The van der Waals surface area contributed by atoms with Crippen molar-refractivity contribution in [3.63, 3.8) is 0 Å². The van der Waals surface area contributed by atoms with Gasteiger partial charge < -0.3 is 0 Å². The number of rotatable bonds is 3. The van der Waals surface area contributed by atoms with Gasteiger partial charge in [0.1, 0.15) is 4.83 Å². The van der Waals surface area contributed by atoms with E-state index >= 15 is 0 Å². The molecule has 0 N–H and O–H groups in total. The Morgan fingerprint density at radius 1 is 0.460 bits per heavy atom. The molecule has 7 aromatic carbocycles. The fraction of sp³-hybridized carbons (Fsp3) is 0. The molecule has 232 valence electrons. The van der Waals surface area contributed by atoms with Crippen LogP contribution < -0.4 is 0 Å². The maximum atomic E-state index is 5.36. The molecule has 0 bridgehead atoms. The minimum absolute atomic E-state index is 0.723. The highest BCUT2D eigenvalue weighted by molar-refractivity contribution is 7.25. The van der Waals surface area contributed by atoms with Crippen molar-refractivity contribution in [3.05, 3.63) is 164 Å². The number of pyridine rings is 1. The average molecular weight is 654 g/mol. The Hall–Kier alpha value is -6.36. The van der Waals surface area contributed by atoms with Crippen LogP contribution in [0.4, 0.5) is 0 Å². The summed E-state index contributed by atoms with van der Waals surface area (Å²) in [6.07, 6.45) is 0. The van der Waals surface area contributed by atoms with Crippen molar-refractivity contribution in [1.82, 2.24) is 14.4 Å². The normalized spacial score (nSPS) is 12.0. The first-order valence-corrected chi connectivity index (χ1v) is 17.7. The lowest BCUT2D eigenvalue weighted by atomic mass is 9.97. The summed E-state index contributed by atoms with van der Waals surface area (Å²) < 4.78 is 3.80. The van der Waals surface area contributed by atoms with Gasteiger partial charge in [-0.25, -0.2) is 9.97 Å². The first kappa shape index (κ1) is 27.6. The zero-order valence-electron chi connectivity index (χ0n) is 26.8. The first-order valence-electron chi connectivity index (χ1n) is 16.9. The number of nitrogens with zero attached hydrogens (tertiary/aromatic N) is 3. The number of benzene rings is 7. The average Bonchev–Trinajstić information content (AvgIpc) is 3.75. The van der Waals surface area contributed by atoms with Crippen LogP contribution in [0, 0.1) is 0 Å². The van der Waals surface area contributed by atoms with E-state index in [4.69, 9.17) is 9.97 Å². The molecule has 0 fully saturated rings. The monoisotopic (exact) mass is 653 g/mol. The summed E-state index contributed by atoms with van der Waals surface area (Å²) in [6.45, 7) is 0. The second kappa shape index (κ2) is 10.6. The predicted octanol–water partition coefficient (Wildman–Crippen LogP) is 12.7. The summed E-state index contributed by atoms with van der Waals surface area (Å²) in [7, 11) is 0. The maximum Gasteiger partial charge on any atom is 0.160 e. The molecule has 0 aliphatic carbocycles. The van der Waals surface area contributed by atoms with Gasteiger partial charge in [-0.05, 0) is 40.6 Å². The Balaban J connectivity index is 1.31. The molecule has 3 nitrogen and oxygen atoms in total. The molecule has 0 saturated heterocycles. The summed E-state index contributed by atoms with van der Waals surface area (Å²) in [5.74, 6) is 0.723. The number of thiophene rings is 1. The molecule has 0 spiro atoms. The molecule has 11 aromatic rings. The van der Waals surface area contributed by atoms with Gasteiger partial charge in [-0.2, -0.15) is 0 Å². The van der Waals surface area contributed by atoms with Gasteiger partial charge in [-0.3, -0.25) is 4.40 Å². The van der Waals surface area contributed by atoms with E-state index in [0.717, 1.165) is 38.9 Å². The Labute approximate surface area is 291 Å². The van der Waals surface area contributed by atoms with Crippen LogP contribution in [0.2, 0.25) is 0 Å². The molecule has 4 heterocycles. The third-order valence-electron chi connectivity index (χ3n) is 10.2. The Kier molecular flexibility index (Phi) is 5.83. The molecular formula is C46H27N3S. The van der Waals surface area contributed by atoms with Crippen LogP contribution in [0.5, 0.6) is 0 Å². The fourth-order valence-corrected chi connectivity index (χ4v) is 9.20. The van der Waals surface area contributed by atoms with E-state index < -0.39 is 0 Å². The quantitative estimate of drug-likeness (QED) is 0.178. The SMILES string of the molecule is c1ccc(-c2nc(-c3ccc4c(c3)c3c(-c5ccccc5)c5ccccc5n3c3sc5ccccc5c43)nc3c2ccc2ccccc23)cc1. The van der Waals surface area contributed by atoms with E-state index in [2.05, 4.69) is 168 Å². The zero-order chi connectivity index (χ0) is 32.8. The van der Waals surface area contributed by atoms with Gasteiger partial charge in [0.05, 0.1) is 22.2 Å². The number of hydrogen-bond donors (Lipinski definition) is 0. The molecule has 0 atom stereocenters. The van der Waals surface area contributed by atoms with Gasteiger partial charge >= 0.3 is 0 Å². The molecule has 4 heteroatoms. The van der Waals surface area contributed by atoms with E-state index in [1.807, 2.05) is 11.3 Å². The Morgan fingerprint density at radius 2 is 1.14 bits per heavy atom. The number of fused-ring (bicyclic) bond motifs is 13. The third kappa shape index (κ3) is 3.91. The van der Waals surface area contributed by atoms with Gasteiger partial charge in [-0.1, -0.05) is 140 Å². The van der Waals surface area contributed by atoms with Gasteiger partial charge in [0.15, 0.2) is 5.82 Å². The van der Waals surface area contributed by atoms with Gasteiger partial charge in [0, 0.05) is 53.7 Å². The van der Waals surface area contributed by atoms with Gasteiger partial charge in [0.25, 0.3) is 0 Å². The number of hydrogen-bond acceptors (Lipinski definition) is 3. The van der Waals surface area contributed by atoms with Crippen LogP contribution in [0.15, 0.2) is 164 Å². The van der Waals surface area contributed by atoms with Crippen molar-refractivity contribution in [2.75, 3.05) is 0 Å².